The molecule has 4 aromatic rings. The Morgan fingerprint density at radius 1 is 0.903 bits per heavy atom. The standard InChI is InChI=1S/C24H21ClN4O2/c25-21-10-6-19(7-11-21)15-29-16-23(27-28-29)24(30)26-14-18-8-12-22(13-9-18)31-17-20-4-2-1-3-5-20/h1-13,16H,14-15,17H2,(H,26,30). The van der Waals surface area contributed by atoms with E-state index in [-0.39, 0.29) is 11.6 Å². The largest absolute Gasteiger partial charge is 0.489 e. The minimum Gasteiger partial charge on any atom is -0.489 e. The van der Waals surface area contributed by atoms with Gasteiger partial charge >= 0.3 is 0 Å². The molecule has 0 atom stereocenters. The van der Waals surface area contributed by atoms with Crippen molar-refractivity contribution < 1.29 is 9.53 Å². The van der Waals surface area contributed by atoms with E-state index in [0.29, 0.717) is 24.7 Å². The van der Waals surface area contributed by atoms with E-state index in [9.17, 15) is 4.79 Å². The number of hydrogen-bond acceptors (Lipinski definition) is 4. The maximum Gasteiger partial charge on any atom is 0.273 e. The van der Waals surface area contributed by atoms with Crippen LogP contribution in [0.4, 0.5) is 0 Å². The fourth-order valence-corrected chi connectivity index (χ4v) is 3.10. The second kappa shape index (κ2) is 9.91. The summed E-state index contributed by atoms with van der Waals surface area (Å²) in [6.45, 7) is 1.42. The predicted octanol–water partition coefficient (Wildman–Crippen LogP) is 4.49. The van der Waals surface area contributed by atoms with Crippen LogP contribution in [0.3, 0.4) is 0 Å². The van der Waals surface area contributed by atoms with Crippen molar-refractivity contribution in [3.05, 3.63) is 112 Å². The van der Waals surface area contributed by atoms with Gasteiger partial charge < -0.3 is 10.1 Å². The highest BCUT2D eigenvalue weighted by Crippen LogP contribution is 2.14. The Bertz CT molecular complexity index is 1130. The van der Waals surface area contributed by atoms with E-state index in [2.05, 4.69) is 15.6 Å². The molecule has 1 heterocycles. The molecule has 1 aromatic heterocycles. The number of ether oxygens (including phenoxy) is 1. The van der Waals surface area contributed by atoms with Crippen LogP contribution in [-0.2, 0) is 19.7 Å². The van der Waals surface area contributed by atoms with Crippen molar-refractivity contribution in [2.45, 2.75) is 19.7 Å². The topological polar surface area (TPSA) is 69.0 Å². The molecule has 0 fully saturated rings. The molecule has 31 heavy (non-hydrogen) atoms. The van der Waals surface area contributed by atoms with Gasteiger partial charge in [0.2, 0.25) is 0 Å². The summed E-state index contributed by atoms with van der Waals surface area (Å²) in [6.07, 6.45) is 1.63. The molecule has 0 saturated carbocycles. The summed E-state index contributed by atoms with van der Waals surface area (Å²) in [5.41, 5.74) is 3.38. The first-order chi connectivity index (χ1) is 15.2. The molecule has 0 aliphatic carbocycles. The van der Waals surface area contributed by atoms with Gasteiger partial charge in [0.15, 0.2) is 5.69 Å². The third-order valence-electron chi connectivity index (χ3n) is 4.65. The fraction of sp³-hybridized carbons (Fsp3) is 0.125. The van der Waals surface area contributed by atoms with E-state index in [1.54, 1.807) is 10.9 Å². The molecule has 0 radical (unpaired) electrons. The van der Waals surface area contributed by atoms with Crippen molar-refractivity contribution >= 4 is 17.5 Å². The second-order valence-electron chi connectivity index (χ2n) is 7.03. The molecule has 3 aromatic carbocycles. The average Bonchev–Trinajstić information content (AvgIpc) is 3.28. The van der Waals surface area contributed by atoms with Gasteiger partial charge in [0.05, 0.1) is 12.7 Å². The minimum atomic E-state index is -0.272. The molecule has 4 rings (SSSR count). The summed E-state index contributed by atoms with van der Waals surface area (Å²) in [5, 5.41) is 11.5. The molecule has 6 nitrogen and oxygen atoms in total. The Morgan fingerprint density at radius 3 is 2.35 bits per heavy atom. The Morgan fingerprint density at radius 2 is 1.61 bits per heavy atom. The van der Waals surface area contributed by atoms with Gasteiger partial charge in [-0.1, -0.05) is 71.4 Å². The number of benzene rings is 3. The molecule has 0 bridgehead atoms. The molecule has 1 N–H and O–H groups in total. The number of hydrogen-bond donors (Lipinski definition) is 1. The van der Waals surface area contributed by atoms with Crippen molar-refractivity contribution in [2.75, 3.05) is 0 Å². The van der Waals surface area contributed by atoms with Crippen molar-refractivity contribution in [2.24, 2.45) is 0 Å². The number of nitrogens with one attached hydrogen (secondary N) is 1. The van der Waals surface area contributed by atoms with E-state index in [0.717, 1.165) is 22.4 Å². The van der Waals surface area contributed by atoms with Crippen LogP contribution in [0.25, 0.3) is 0 Å². The molecule has 0 aliphatic rings. The zero-order chi connectivity index (χ0) is 21.5. The number of carbonyl (C=O) groups is 1. The third-order valence-corrected chi connectivity index (χ3v) is 4.91. The lowest BCUT2D eigenvalue weighted by Crippen LogP contribution is -2.23. The van der Waals surface area contributed by atoms with E-state index >= 15 is 0 Å². The Kier molecular flexibility index (Phi) is 6.59. The third kappa shape index (κ3) is 5.93. The number of nitrogens with zero attached hydrogens (tertiary/aromatic N) is 3. The maximum absolute atomic E-state index is 12.4. The zero-order valence-electron chi connectivity index (χ0n) is 16.7. The molecule has 7 heteroatoms. The van der Waals surface area contributed by atoms with Gasteiger partial charge in [-0.15, -0.1) is 5.10 Å². The van der Waals surface area contributed by atoms with Crippen LogP contribution in [-0.4, -0.2) is 20.9 Å². The van der Waals surface area contributed by atoms with Gasteiger partial charge in [0.1, 0.15) is 12.4 Å². The van der Waals surface area contributed by atoms with Gasteiger partial charge in [0, 0.05) is 11.6 Å². The van der Waals surface area contributed by atoms with E-state index in [4.69, 9.17) is 16.3 Å². The number of rotatable bonds is 8. The summed E-state index contributed by atoms with van der Waals surface area (Å²) in [4.78, 5) is 12.4. The van der Waals surface area contributed by atoms with E-state index in [1.165, 1.54) is 0 Å². The molecule has 0 saturated heterocycles. The molecule has 1 amide bonds. The van der Waals surface area contributed by atoms with Crippen LogP contribution in [0.2, 0.25) is 5.02 Å². The molecule has 0 unspecified atom stereocenters. The smallest absolute Gasteiger partial charge is 0.273 e. The number of aromatic nitrogens is 3. The summed E-state index contributed by atoms with van der Waals surface area (Å²) < 4.78 is 7.41. The fourth-order valence-electron chi connectivity index (χ4n) is 2.97. The van der Waals surface area contributed by atoms with Crippen LogP contribution in [0.5, 0.6) is 5.75 Å². The Hall–Kier alpha value is -3.64. The molecular weight excluding hydrogens is 412 g/mol. The van der Waals surface area contributed by atoms with Crippen molar-refractivity contribution in [3.63, 3.8) is 0 Å². The van der Waals surface area contributed by atoms with Crippen LogP contribution >= 0.6 is 11.6 Å². The van der Waals surface area contributed by atoms with Crippen LogP contribution in [0.1, 0.15) is 27.2 Å². The molecule has 0 spiro atoms. The first-order valence-electron chi connectivity index (χ1n) is 9.84. The molecule has 156 valence electrons. The summed E-state index contributed by atoms with van der Waals surface area (Å²) in [5.74, 6) is 0.510. The minimum absolute atomic E-state index is 0.272. The number of halogens is 1. The van der Waals surface area contributed by atoms with Crippen molar-refractivity contribution in [1.82, 2.24) is 20.3 Å². The van der Waals surface area contributed by atoms with Crippen molar-refractivity contribution in [3.8, 4) is 5.75 Å². The molecule has 0 aliphatic heterocycles. The number of carbonyl (C=O) groups excluding carboxylic acids is 1. The lowest BCUT2D eigenvalue weighted by molar-refractivity contribution is 0.0946. The van der Waals surface area contributed by atoms with Crippen LogP contribution in [0.15, 0.2) is 85.1 Å². The van der Waals surface area contributed by atoms with Gasteiger partial charge in [0.25, 0.3) is 5.91 Å². The monoisotopic (exact) mass is 432 g/mol. The average molecular weight is 433 g/mol. The Balaban J connectivity index is 1.26. The highest BCUT2D eigenvalue weighted by molar-refractivity contribution is 6.30. The summed E-state index contributed by atoms with van der Waals surface area (Å²) >= 11 is 5.90. The van der Waals surface area contributed by atoms with E-state index < -0.39 is 0 Å². The second-order valence-corrected chi connectivity index (χ2v) is 7.47. The normalized spacial score (nSPS) is 10.6. The van der Waals surface area contributed by atoms with Gasteiger partial charge in [-0.25, -0.2) is 4.68 Å². The maximum atomic E-state index is 12.4. The zero-order valence-corrected chi connectivity index (χ0v) is 17.5. The van der Waals surface area contributed by atoms with Gasteiger partial charge in [-0.3, -0.25) is 4.79 Å². The predicted molar refractivity (Wildman–Crippen MR) is 119 cm³/mol. The lowest BCUT2D eigenvalue weighted by Gasteiger charge is -2.08. The first-order valence-corrected chi connectivity index (χ1v) is 10.2. The van der Waals surface area contributed by atoms with Crippen LogP contribution in [0, 0.1) is 0 Å². The highest BCUT2D eigenvalue weighted by Gasteiger charge is 2.11. The van der Waals surface area contributed by atoms with Gasteiger partial charge in [-0.05, 0) is 41.0 Å². The first kappa shape index (κ1) is 20.6. The van der Waals surface area contributed by atoms with Crippen molar-refractivity contribution in [1.29, 1.82) is 0 Å². The highest BCUT2D eigenvalue weighted by atomic mass is 35.5. The number of amides is 1. The SMILES string of the molecule is O=C(NCc1ccc(OCc2ccccc2)cc1)c1cn(Cc2ccc(Cl)cc2)nn1. The van der Waals surface area contributed by atoms with Crippen LogP contribution < -0.4 is 10.1 Å². The lowest BCUT2D eigenvalue weighted by atomic mass is 10.2. The summed E-state index contributed by atoms with van der Waals surface area (Å²) in [6, 6.07) is 25.1. The van der Waals surface area contributed by atoms with E-state index in [1.807, 2.05) is 78.9 Å². The molecular formula is C24H21ClN4O2. The van der Waals surface area contributed by atoms with Gasteiger partial charge in [-0.2, -0.15) is 0 Å². The Labute approximate surface area is 185 Å². The summed E-state index contributed by atoms with van der Waals surface area (Å²) in [7, 11) is 0. The quantitative estimate of drug-likeness (QED) is 0.445.